The Morgan fingerprint density at radius 2 is 1.69 bits per heavy atom. The minimum absolute atomic E-state index is 1.09. The van der Waals surface area contributed by atoms with Crippen molar-refractivity contribution in [2.75, 3.05) is 4.43 Å². The van der Waals surface area contributed by atoms with Gasteiger partial charge in [-0.1, -0.05) is 54.7 Å². The van der Waals surface area contributed by atoms with Gasteiger partial charge in [0, 0.05) is 0 Å². The van der Waals surface area contributed by atoms with Crippen molar-refractivity contribution in [3.05, 3.63) is 0 Å². The summed E-state index contributed by atoms with van der Waals surface area (Å²) in [5.41, 5.74) is 0. The molecule has 0 spiro atoms. The first-order chi connectivity index (χ1) is 6.16. The molecule has 0 aliphatic heterocycles. The van der Waals surface area contributed by atoms with Crippen molar-refractivity contribution in [2.24, 2.45) is 5.92 Å². The second-order valence-electron chi connectivity index (χ2n) is 3.26. The number of halogens is 1. The maximum absolute atomic E-state index is 8.56. The van der Waals surface area contributed by atoms with Gasteiger partial charge in [-0.15, -0.1) is 0 Å². The summed E-state index contributed by atoms with van der Waals surface area (Å²) in [7, 11) is 0. The smallest absolute Gasteiger partial charge is 0.450 e. The molecule has 0 heterocycles. The summed E-state index contributed by atoms with van der Waals surface area (Å²) in [6, 6.07) is 0. The van der Waals surface area contributed by atoms with Crippen LogP contribution in [0, 0.1) is 5.92 Å². The van der Waals surface area contributed by atoms with E-state index in [-0.39, 0.29) is 0 Å². The zero-order chi connectivity index (χ0) is 10.1. The lowest BCUT2D eigenvalue weighted by Crippen LogP contribution is -2.05. The Hall–Kier alpha value is 0. The molecule has 0 aromatic carbocycles. The summed E-state index contributed by atoms with van der Waals surface area (Å²) in [6.45, 7) is 0. The van der Waals surface area contributed by atoms with Crippen LogP contribution in [0.3, 0.4) is 0 Å². The maximum Gasteiger partial charge on any atom is 0.503 e. The molecule has 4 heteroatoms. The SMILES string of the molecule is ICCC1CCCCC1.O=C(O)O. The molecule has 1 aliphatic rings. The molecule has 0 atom stereocenters. The van der Waals surface area contributed by atoms with Crippen molar-refractivity contribution >= 4 is 28.7 Å². The van der Waals surface area contributed by atoms with E-state index in [4.69, 9.17) is 15.0 Å². The Morgan fingerprint density at radius 3 is 2.08 bits per heavy atom. The molecule has 1 rings (SSSR count). The van der Waals surface area contributed by atoms with E-state index in [1.807, 2.05) is 0 Å². The highest BCUT2D eigenvalue weighted by atomic mass is 127. The molecule has 0 unspecified atom stereocenters. The van der Waals surface area contributed by atoms with E-state index in [1.165, 1.54) is 43.0 Å². The number of hydrogen-bond acceptors (Lipinski definition) is 1. The molecule has 0 amide bonds. The number of rotatable bonds is 2. The normalized spacial score (nSPS) is 17.3. The van der Waals surface area contributed by atoms with Crippen LogP contribution >= 0.6 is 22.6 Å². The number of hydrogen-bond donors (Lipinski definition) is 2. The molecule has 0 radical (unpaired) electrons. The molecule has 1 aliphatic carbocycles. The van der Waals surface area contributed by atoms with Crippen molar-refractivity contribution < 1.29 is 15.0 Å². The molecular formula is C9H17IO3. The number of carbonyl (C=O) groups is 1. The van der Waals surface area contributed by atoms with E-state index in [0.29, 0.717) is 0 Å². The lowest BCUT2D eigenvalue weighted by atomic mass is 9.88. The molecule has 13 heavy (non-hydrogen) atoms. The lowest BCUT2D eigenvalue weighted by Gasteiger charge is -2.19. The average molecular weight is 300 g/mol. The second kappa shape index (κ2) is 8.59. The molecule has 1 saturated carbocycles. The Kier molecular flexibility index (Phi) is 8.59. The molecule has 0 aromatic rings. The summed E-state index contributed by atoms with van der Waals surface area (Å²) in [5.74, 6) is 1.09. The highest BCUT2D eigenvalue weighted by Gasteiger charge is 2.11. The van der Waals surface area contributed by atoms with Gasteiger partial charge in [0.05, 0.1) is 0 Å². The molecule has 3 nitrogen and oxygen atoms in total. The van der Waals surface area contributed by atoms with Gasteiger partial charge in [-0.2, -0.15) is 0 Å². The molecule has 78 valence electrons. The first-order valence-corrected chi connectivity index (χ1v) is 6.17. The van der Waals surface area contributed by atoms with E-state index in [1.54, 1.807) is 0 Å². The van der Waals surface area contributed by atoms with Gasteiger partial charge < -0.3 is 10.2 Å². The van der Waals surface area contributed by atoms with Gasteiger partial charge in [0.1, 0.15) is 0 Å². The largest absolute Gasteiger partial charge is 0.503 e. The Balaban J connectivity index is 0.000000310. The third kappa shape index (κ3) is 9.92. The standard InChI is InChI=1S/C8H15I.CH2O3/c9-7-6-8-4-2-1-3-5-8;2-1(3)4/h8H,1-7H2;(H2,2,3,4). The molecule has 0 bridgehead atoms. The van der Waals surface area contributed by atoms with Gasteiger partial charge in [0.2, 0.25) is 0 Å². The molecule has 1 fully saturated rings. The predicted molar refractivity (Wildman–Crippen MR) is 60.7 cm³/mol. The molecule has 0 saturated heterocycles. The predicted octanol–water partition coefficient (Wildman–Crippen LogP) is 3.61. The van der Waals surface area contributed by atoms with Gasteiger partial charge in [-0.05, 0) is 16.8 Å². The van der Waals surface area contributed by atoms with E-state index < -0.39 is 6.16 Å². The summed E-state index contributed by atoms with van der Waals surface area (Å²) in [4.78, 5) is 8.56. The summed E-state index contributed by atoms with van der Waals surface area (Å²) in [5, 5.41) is 13.9. The highest BCUT2D eigenvalue weighted by Crippen LogP contribution is 2.26. The van der Waals surface area contributed by atoms with Crippen molar-refractivity contribution in [1.82, 2.24) is 0 Å². The maximum atomic E-state index is 8.56. The Bertz CT molecular complexity index is 126. The molecular weight excluding hydrogens is 283 g/mol. The highest BCUT2D eigenvalue weighted by molar-refractivity contribution is 14.1. The Labute approximate surface area is 92.7 Å². The van der Waals surface area contributed by atoms with Crippen LogP contribution in [0.5, 0.6) is 0 Å². The summed E-state index contributed by atoms with van der Waals surface area (Å²) in [6.07, 6.45) is 7.17. The number of alkyl halides is 1. The fraction of sp³-hybridized carbons (Fsp3) is 0.889. The molecule has 2 N–H and O–H groups in total. The van der Waals surface area contributed by atoms with Crippen LogP contribution in [0.1, 0.15) is 38.5 Å². The van der Waals surface area contributed by atoms with Crippen LogP contribution < -0.4 is 0 Å². The van der Waals surface area contributed by atoms with Crippen molar-refractivity contribution in [3.8, 4) is 0 Å². The van der Waals surface area contributed by atoms with Crippen molar-refractivity contribution in [3.63, 3.8) is 0 Å². The second-order valence-corrected chi connectivity index (χ2v) is 4.34. The zero-order valence-corrected chi connectivity index (χ0v) is 9.87. The first-order valence-electron chi connectivity index (χ1n) is 4.64. The average Bonchev–Trinajstić information content (AvgIpc) is 2.06. The van der Waals surface area contributed by atoms with E-state index >= 15 is 0 Å². The van der Waals surface area contributed by atoms with Crippen molar-refractivity contribution in [1.29, 1.82) is 0 Å². The van der Waals surface area contributed by atoms with Crippen LogP contribution in [0.2, 0.25) is 0 Å². The minimum Gasteiger partial charge on any atom is -0.450 e. The summed E-state index contributed by atoms with van der Waals surface area (Å²) >= 11 is 2.49. The van der Waals surface area contributed by atoms with Gasteiger partial charge in [-0.25, -0.2) is 4.79 Å². The monoisotopic (exact) mass is 300 g/mol. The van der Waals surface area contributed by atoms with Crippen LogP contribution in [0.15, 0.2) is 0 Å². The van der Waals surface area contributed by atoms with E-state index in [9.17, 15) is 0 Å². The van der Waals surface area contributed by atoms with Crippen LogP contribution in [-0.2, 0) is 0 Å². The number of carboxylic acid groups (broad SMARTS) is 2. The van der Waals surface area contributed by atoms with Gasteiger partial charge in [0.15, 0.2) is 0 Å². The van der Waals surface area contributed by atoms with Gasteiger partial charge in [-0.3, -0.25) is 0 Å². The van der Waals surface area contributed by atoms with Crippen molar-refractivity contribution in [2.45, 2.75) is 38.5 Å². The van der Waals surface area contributed by atoms with E-state index in [0.717, 1.165) is 5.92 Å². The van der Waals surface area contributed by atoms with Gasteiger partial charge >= 0.3 is 6.16 Å². The molecule has 0 aromatic heterocycles. The quantitative estimate of drug-likeness (QED) is 0.605. The van der Waals surface area contributed by atoms with Crippen LogP contribution in [0.25, 0.3) is 0 Å². The fourth-order valence-corrected chi connectivity index (χ4v) is 2.51. The minimum atomic E-state index is -1.83. The summed E-state index contributed by atoms with van der Waals surface area (Å²) < 4.78 is 1.36. The zero-order valence-electron chi connectivity index (χ0n) is 7.71. The van der Waals surface area contributed by atoms with Crippen LogP contribution in [-0.4, -0.2) is 20.8 Å². The fourth-order valence-electron chi connectivity index (χ4n) is 1.63. The topological polar surface area (TPSA) is 57.5 Å². The van der Waals surface area contributed by atoms with E-state index in [2.05, 4.69) is 22.6 Å². The van der Waals surface area contributed by atoms with Crippen LogP contribution in [0.4, 0.5) is 4.79 Å². The third-order valence-electron chi connectivity index (χ3n) is 2.24. The third-order valence-corrected chi connectivity index (χ3v) is 2.86. The lowest BCUT2D eigenvalue weighted by molar-refractivity contribution is 0.137. The van der Waals surface area contributed by atoms with Gasteiger partial charge in [0.25, 0.3) is 0 Å². The Morgan fingerprint density at radius 1 is 1.23 bits per heavy atom. The first kappa shape index (κ1) is 13.0.